The number of methoxy groups -OCH3 is 1. The van der Waals surface area contributed by atoms with Gasteiger partial charge in [-0.2, -0.15) is 0 Å². The van der Waals surface area contributed by atoms with Crippen LogP contribution in [0, 0.1) is 0 Å². The van der Waals surface area contributed by atoms with Crippen LogP contribution in [0.15, 0.2) is 18.2 Å². The Kier molecular flexibility index (Phi) is 5.49. The fourth-order valence-electron chi connectivity index (χ4n) is 2.10. The van der Waals surface area contributed by atoms with Crippen LogP contribution in [0.4, 0.5) is 0 Å². The Hall–Kier alpha value is -1.02. The molecule has 1 rings (SSSR count). The quantitative estimate of drug-likeness (QED) is 0.816. The van der Waals surface area contributed by atoms with Crippen LogP contribution in [0.25, 0.3) is 0 Å². The van der Waals surface area contributed by atoms with Gasteiger partial charge in [-0.1, -0.05) is 32.9 Å². The molecule has 0 saturated heterocycles. The van der Waals surface area contributed by atoms with Gasteiger partial charge in [0.2, 0.25) is 0 Å². The third-order valence-electron chi connectivity index (χ3n) is 3.30. The van der Waals surface area contributed by atoms with E-state index in [4.69, 9.17) is 4.74 Å². The number of rotatable bonds is 6. The van der Waals surface area contributed by atoms with Gasteiger partial charge in [0.1, 0.15) is 5.75 Å². The van der Waals surface area contributed by atoms with E-state index in [1.807, 2.05) is 7.05 Å². The molecule has 96 valence electrons. The van der Waals surface area contributed by atoms with Crippen molar-refractivity contribution >= 4 is 0 Å². The molecule has 1 N–H and O–H groups in total. The summed E-state index contributed by atoms with van der Waals surface area (Å²) in [6.07, 6.45) is 2.23. The van der Waals surface area contributed by atoms with Crippen molar-refractivity contribution in [3.63, 3.8) is 0 Å². The van der Waals surface area contributed by atoms with E-state index in [0.29, 0.717) is 12.0 Å². The SMILES string of the molecule is CCC(Cc1ccc(OC)c(C(C)C)c1)NC. The van der Waals surface area contributed by atoms with Gasteiger partial charge in [0.25, 0.3) is 0 Å². The average molecular weight is 235 g/mol. The predicted octanol–water partition coefficient (Wildman–Crippen LogP) is 3.36. The summed E-state index contributed by atoms with van der Waals surface area (Å²) in [5, 5.41) is 3.35. The van der Waals surface area contributed by atoms with Crippen LogP contribution in [0.5, 0.6) is 5.75 Å². The molecule has 0 fully saturated rings. The molecule has 17 heavy (non-hydrogen) atoms. The maximum Gasteiger partial charge on any atom is 0.122 e. The number of ether oxygens (including phenoxy) is 1. The third-order valence-corrected chi connectivity index (χ3v) is 3.30. The van der Waals surface area contributed by atoms with E-state index in [0.717, 1.165) is 18.6 Å². The first kappa shape index (κ1) is 14.0. The summed E-state index contributed by atoms with van der Waals surface area (Å²) in [5.74, 6) is 1.50. The minimum atomic E-state index is 0.500. The van der Waals surface area contributed by atoms with Crippen LogP contribution >= 0.6 is 0 Å². The molecule has 0 aliphatic rings. The molecule has 0 aliphatic carbocycles. The summed E-state index contributed by atoms with van der Waals surface area (Å²) < 4.78 is 5.40. The van der Waals surface area contributed by atoms with Crippen LogP contribution in [-0.4, -0.2) is 20.2 Å². The number of likely N-dealkylation sites (N-methyl/N-ethyl adjacent to an activating group) is 1. The molecule has 0 radical (unpaired) electrons. The first-order valence-electron chi connectivity index (χ1n) is 6.46. The second-order valence-corrected chi connectivity index (χ2v) is 4.83. The van der Waals surface area contributed by atoms with Gasteiger partial charge in [0.05, 0.1) is 7.11 Å². The molecule has 1 atom stereocenters. The van der Waals surface area contributed by atoms with Crippen molar-refractivity contribution in [2.24, 2.45) is 0 Å². The highest BCUT2D eigenvalue weighted by atomic mass is 16.5. The molecule has 0 spiro atoms. The first-order valence-corrected chi connectivity index (χ1v) is 6.46. The van der Waals surface area contributed by atoms with Gasteiger partial charge in [-0.15, -0.1) is 0 Å². The highest BCUT2D eigenvalue weighted by molar-refractivity contribution is 5.39. The van der Waals surface area contributed by atoms with E-state index in [9.17, 15) is 0 Å². The van der Waals surface area contributed by atoms with Crippen molar-refractivity contribution in [1.82, 2.24) is 5.32 Å². The fourth-order valence-corrected chi connectivity index (χ4v) is 2.10. The molecule has 0 aromatic heterocycles. The zero-order valence-electron chi connectivity index (χ0n) is 11.7. The lowest BCUT2D eigenvalue weighted by Gasteiger charge is -2.17. The zero-order chi connectivity index (χ0) is 12.8. The monoisotopic (exact) mass is 235 g/mol. The molecule has 0 saturated carbocycles. The Bertz CT molecular complexity index is 343. The summed E-state index contributed by atoms with van der Waals surface area (Å²) in [6, 6.07) is 7.10. The zero-order valence-corrected chi connectivity index (χ0v) is 11.7. The topological polar surface area (TPSA) is 21.3 Å². The largest absolute Gasteiger partial charge is 0.496 e. The van der Waals surface area contributed by atoms with Crippen molar-refractivity contribution in [2.45, 2.75) is 45.6 Å². The van der Waals surface area contributed by atoms with E-state index < -0.39 is 0 Å². The van der Waals surface area contributed by atoms with E-state index in [1.165, 1.54) is 11.1 Å². The van der Waals surface area contributed by atoms with Gasteiger partial charge in [-0.05, 0) is 43.0 Å². The molecule has 0 heterocycles. The molecule has 1 aromatic carbocycles. The average Bonchev–Trinajstić information content (AvgIpc) is 2.35. The number of hydrogen-bond donors (Lipinski definition) is 1. The maximum atomic E-state index is 5.40. The molecule has 1 aromatic rings. The van der Waals surface area contributed by atoms with Crippen molar-refractivity contribution in [1.29, 1.82) is 0 Å². The summed E-state index contributed by atoms with van der Waals surface area (Å²) in [5.41, 5.74) is 2.69. The highest BCUT2D eigenvalue weighted by Gasteiger charge is 2.10. The van der Waals surface area contributed by atoms with E-state index in [1.54, 1.807) is 7.11 Å². The van der Waals surface area contributed by atoms with Gasteiger partial charge in [-0.25, -0.2) is 0 Å². The van der Waals surface area contributed by atoms with Gasteiger partial charge in [-0.3, -0.25) is 0 Å². The number of benzene rings is 1. The van der Waals surface area contributed by atoms with Crippen molar-refractivity contribution in [3.05, 3.63) is 29.3 Å². The minimum Gasteiger partial charge on any atom is -0.496 e. The third kappa shape index (κ3) is 3.74. The van der Waals surface area contributed by atoms with Crippen molar-refractivity contribution < 1.29 is 4.74 Å². The molecular weight excluding hydrogens is 210 g/mol. The Morgan fingerprint density at radius 1 is 1.29 bits per heavy atom. The lowest BCUT2D eigenvalue weighted by atomic mass is 9.96. The normalized spacial score (nSPS) is 12.8. The van der Waals surface area contributed by atoms with Gasteiger partial charge in [0.15, 0.2) is 0 Å². The van der Waals surface area contributed by atoms with Crippen molar-refractivity contribution in [3.8, 4) is 5.75 Å². The summed E-state index contributed by atoms with van der Waals surface area (Å²) in [4.78, 5) is 0. The van der Waals surface area contributed by atoms with Crippen LogP contribution in [0.3, 0.4) is 0 Å². The van der Waals surface area contributed by atoms with Gasteiger partial charge < -0.3 is 10.1 Å². The van der Waals surface area contributed by atoms with Crippen LogP contribution in [-0.2, 0) is 6.42 Å². The van der Waals surface area contributed by atoms with Crippen LogP contribution in [0.1, 0.15) is 44.2 Å². The minimum absolute atomic E-state index is 0.500. The van der Waals surface area contributed by atoms with Crippen molar-refractivity contribution in [2.75, 3.05) is 14.2 Å². The second kappa shape index (κ2) is 6.65. The molecule has 0 amide bonds. The van der Waals surface area contributed by atoms with E-state index in [-0.39, 0.29) is 0 Å². The molecule has 2 heteroatoms. The summed E-state index contributed by atoms with van der Waals surface area (Å²) >= 11 is 0. The Labute approximate surface area is 105 Å². The molecule has 0 aliphatic heterocycles. The first-order chi connectivity index (χ1) is 8.12. The maximum absolute atomic E-state index is 5.40. The van der Waals surface area contributed by atoms with Crippen LogP contribution < -0.4 is 10.1 Å². The van der Waals surface area contributed by atoms with Gasteiger partial charge >= 0.3 is 0 Å². The Balaban J connectivity index is 2.91. The summed E-state index contributed by atoms with van der Waals surface area (Å²) in [6.45, 7) is 6.63. The van der Waals surface area contributed by atoms with E-state index in [2.05, 4.69) is 44.3 Å². The second-order valence-electron chi connectivity index (χ2n) is 4.83. The Morgan fingerprint density at radius 3 is 2.47 bits per heavy atom. The smallest absolute Gasteiger partial charge is 0.122 e. The Morgan fingerprint density at radius 2 is 2.00 bits per heavy atom. The fraction of sp³-hybridized carbons (Fsp3) is 0.600. The number of nitrogens with one attached hydrogen (secondary N) is 1. The van der Waals surface area contributed by atoms with E-state index >= 15 is 0 Å². The van der Waals surface area contributed by atoms with Crippen LogP contribution in [0.2, 0.25) is 0 Å². The summed E-state index contributed by atoms with van der Waals surface area (Å²) in [7, 11) is 3.77. The number of hydrogen-bond acceptors (Lipinski definition) is 2. The standard InChI is InChI=1S/C15H25NO/c1-6-13(16-4)9-12-7-8-15(17-5)14(10-12)11(2)3/h7-8,10-11,13,16H,6,9H2,1-5H3. The molecular formula is C15H25NO. The lowest BCUT2D eigenvalue weighted by molar-refractivity contribution is 0.407. The molecule has 1 unspecified atom stereocenters. The molecule has 2 nitrogen and oxygen atoms in total. The molecule has 0 bridgehead atoms. The van der Waals surface area contributed by atoms with Gasteiger partial charge in [0, 0.05) is 6.04 Å². The highest BCUT2D eigenvalue weighted by Crippen LogP contribution is 2.27. The predicted molar refractivity (Wildman–Crippen MR) is 73.9 cm³/mol. The lowest BCUT2D eigenvalue weighted by Crippen LogP contribution is -2.26.